The zero-order valence-electron chi connectivity index (χ0n) is 21.2. The Morgan fingerprint density at radius 3 is 2.46 bits per heavy atom. The fourth-order valence-corrected chi connectivity index (χ4v) is 5.70. The van der Waals surface area contributed by atoms with Crippen LogP contribution in [0.3, 0.4) is 0 Å². The summed E-state index contributed by atoms with van der Waals surface area (Å²) in [5.74, 6) is -1.48. The number of hydrogen-bond donors (Lipinski definition) is 2. The van der Waals surface area contributed by atoms with Crippen LogP contribution in [0, 0.1) is 41.5 Å². The van der Waals surface area contributed by atoms with Crippen molar-refractivity contribution in [3.05, 3.63) is 41.0 Å². The highest BCUT2D eigenvalue weighted by atomic mass is 16.5. The van der Waals surface area contributed by atoms with E-state index >= 15 is 0 Å². The SMILES string of the molecule is Cc1cc(C#N)ccc1C1=CCN(C(=O)[C@H]2CCN(C(=NC#N)N3CCCCC3)C[C@@H]2C(=O)NO)CC1. The summed E-state index contributed by atoms with van der Waals surface area (Å²) < 4.78 is 0. The predicted molar refractivity (Wildman–Crippen MR) is 137 cm³/mol. The van der Waals surface area contributed by atoms with Crippen molar-refractivity contribution in [2.24, 2.45) is 16.8 Å². The van der Waals surface area contributed by atoms with E-state index in [9.17, 15) is 20.1 Å². The highest BCUT2D eigenvalue weighted by Crippen LogP contribution is 2.31. The van der Waals surface area contributed by atoms with E-state index in [1.807, 2.05) is 36.2 Å². The van der Waals surface area contributed by atoms with E-state index in [2.05, 4.69) is 16.0 Å². The van der Waals surface area contributed by atoms with Gasteiger partial charge in [-0.15, -0.1) is 4.99 Å². The number of carbonyl (C=O) groups excluding carboxylic acids is 2. The molecular formula is C27H33N7O3. The molecule has 10 nitrogen and oxygen atoms in total. The van der Waals surface area contributed by atoms with Crippen LogP contribution in [0.5, 0.6) is 0 Å². The van der Waals surface area contributed by atoms with Crippen molar-refractivity contribution >= 4 is 23.3 Å². The van der Waals surface area contributed by atoms with Gasteiger partial charge in [-0.2, -0.15) is 10.5 Å². The first-order chi connectivity index (χ1) is 18.0. The van der Waals surface area contributed by atoms with Crippen LogP contribution in [-0.4, -0.2) is 76.9 Å². The number of aryl methyl sites for hydroxylation is 1. The molecule has 2 amide bonds. The van der Waals surface area contributed by atoms with E-state index in [1.165, 1.54) is 0 Å². The molecule has 4 rings (SSSR count). The van der Waals surface area contributed by atoms with Crippen molar-refractivity contribution in [1.29, 1.82) is 10.5 Å². The first-order valence-electron chi connectivity index (χ1n) is 12.9. The van der Waals surface area contributed by atoms with Crippen molar-refractivity contribution in [3.8, 4) is 12.3 Å². The number of benzene rings is 1. The number of hydroxylamine groups is 1. The molecule has 1 aromatic carbocycles. The number of hydrogen-bond acceptors (Lipinski definition) is 6. The highest BCUT2D eigenvalue weighted by molar-refractivity contribution is 5.89. The average molecular weight is 504 g/mol. The van der Waals surface area contributed by atoms with Gasteiger partial charge in [0.2, 0.25) is 24.0 Å². The van der Waals surface area contributed by atoms with Crippen LogP contribution in [-0.2, 0) is 9.59 Å². The van der Waals surface area contributed by atoms with Crippen LogP contribution in [0.4, 0.5) is 0 Å². The fraction of sp³-hybridized carbons (Fsp3) is 0.519. The molecule has 2 fully saturated rings. The van der Waals surface area contributed by atoms with Crippen LogP contribution in [0.2, 0.25) is 0 Å². The molecule has 37 heavy (non-hydrogen) atoms. The number of carbonyl (C=O) groups is 2. The molecular weight excluding hydrogens is 470 g/mol. The molecule has 2 saturated heterocycles. The molecule has 10 heteroatoms. The summed E-state index contributed by atoms with van der Waals surface area (Å²) in [5.41, 5.74) is 5.62. The Morgan fingerprint density at radius 2 is 1.84 bits per heavy atom. The van der Waals surface area contributed by atoms with Crippen molar-refractivity contribution in [3.63, 3.8) is 0 Å². The molecule has 2 N–H and O–H groups in total. The number of likely N-dealkylation sites (tertiary alicyclic amines) is 2. The second kappa shape index (κ2) is 11.9. The molecule has 0 unspecified atom stereocenters. The standard InChI is InChI=1S/C27H33N7O3/c1-19-15-20(16-28)5-6-22(19)21-7-12-32(13-8-21)26(36)23-9-14-34(17-24(23)25(35)31-37)27(30-18-29)33-10-3-2-4-11-33/h5-7,15,23-24,37H,2-4,8-14,17H2,1H3,(H,31,35)/t23-,24-/m0/s1. The fourth-order valence-electron chi connectivity index (χ4n) is 5.70. The van der Waals surface area contributed by atoms with Gasteiger partial charge in [0.25, 0.3) is 0 Å². The monoisotopic (exact) mass is 503 g/mol. The molecule has 0 aliphatic carbocycles. The summed E-state index contributed by atoms with van der Waals surface area (Å²) in [4.78, 5) is 36.1. The Bertz CT molecular complexity index is 1170. The minimum Gasteiger partial charge on any atom is -0.342 e. The van der Waals surface area contributed by atoms with E-state index in [-0.39, 0.29) is 12.5 Å². The van der Waals surface area contributed by atoms with Gasteiger partial charge < -0.3 is 14.7 Å². The van der Waals surface area contributed by atoms with Gasteiger partial charge >= 0.3 is 0 Å². The maximum Gasteiger partial charge on any atom is 0.249 e. The van der Waals surface area contributed by atoms with Crippen molar-refractivity contribution in [1.82, 2.24) is 20.2 Å². The van der Waals surface area contributed by atoms with Gasteiger partial charge in [0, 0.05) is 39.3 Å². The molecule has 3 aliphatic heterocycles. The molecule has 3 aliphatic rings. The van der Waals surface area contributed by atoms with Gasteiger partial charge in [0.15, 0.2) is 0 Å². The molecule has 194 valence electrons. The third-order valence-electron chi connectivity index (χ3n) is 7.67. The van der Waals surface area contributed by atoms with Gasteiger partial charge in [-0.25, -0.2) is 5.48 Å². The normalized spacial score (nSPS) is 22.5. The molecule has 0 spiro atoms. The van der Waals surface area contributed by atoms with Gasteiger partial charge in [0.1, 0.15) is 0 Å². The van der Waals surface area contributed by atoms with E-state index in [0.717, 1.165) is 49.1 Å². The third-order valence-corrected chi connectivity index (χ3v) is 7.67. The summed E-state index contributed by atoms with van der Waals surface area (Å²) in [6.45, 7) is 5.27. The van der Waals surface area contributed by atoms with E-state index in [1.54, 1.807) is 16.4 Å². The molecule has 0 radical (unpaired) electrons. The van der Waals surface area contributed by atoms with E-state index in [0.29, 0.717) is 44.0 Å². The maximum absolute atomic E-state index is 13.6. The van der Waals surface area contributed by atoms with Crippen LogP contribution in [0.25, 0.3) is 5.57 Å². The van der Waals surface area contributed by atoms with E-state index < -0.39 is 17.7 Å². The number of guanidine groups is 1. The van der Waals surface area contributed by atoms with Crippen LogP contribution < -0.4 is 5.48 Å². The summed E-state index contributed by atoms with van der Waals surface area (Å²) in [6, 6.07) is 7.79. The summed E-state index contributed by atoms with van der Waals surface area (Å²) in [5, 5.41) is 27.8. The topological polar surface area (TPSA) is 136 Å². The number of rotatable bonds is 3. The minimum absolute atomic E-state index is 0.100. The third kappa shape index (κ3) is 5.76. The lowest BCUT2D eigenvalue weighted by Crippen LogP contribution is -2.57. The predicted octanol–water partition coefficient (Wildman–Crippen LogP) is 2.25. The zero-order valence-corrected chi connectivity index (χ0v) is 21.2. The number of piperidine rings is 2. The van der Waals surface area contributed by atoms with Crippen molar-refractivity contribution < 1.29 is 14.8 Å². The smallest absolute Gasteiger partial charge is 0.249 e. The molecule has 3 heterocycles. The Balaban J connectivity index is 1.47. The molecule has 1 aromatic rings. The van der Waals surface area contributed by atoms with E-state index in [4.69, 9.17) is 5.26 Å². The first-order valence-corrected chi connectivity index (χ1v) is 12.9. The summed E-state index contributed by atoms with van der Waals surface area (Å²) in [7, 11) is 0. The van der Waals surface area contributed by atoms with Gasteiger partial charge in [0.05, 0.1) is 23.5 Å². The lowest BCUT2D eigenvalue weighted by Gasteiger charge is -2.43. The molecule has 0 saturated carbocycles. The van der Waals surface area contributed by atoms with Crippen molar-refractivity contribution in [2.75, 3.05) is 39.3 Å². The van der Waals surface area contributed by atoms with Crippen LogP contribution in [0.15, 0.2) is 29.3 Å². The van der Waals surface area contributed by atoms with Crippen molar-refractivity contribution in [2.45, 2.75) is 39.0 Å². The van der Waals surface area contributed by atoms with Gasteiger partial charge in [-0.05, 0) is 67.9 Å². The Labute approximate surface area is 217 Å². The Kier molecular flexibility index (Phi) is 8.42. The highest BCUT2D eigenvalue weighted by Gasteiger charge is 2.42. The lowest BCUT2D eigenvalue weighted by atomic mass is 9.83. The van der Waals surface area contributed by atoms with Crippen LogP contribution >= 0.6 is 0 Å². The summed E-state index contributed by atoms with van der Waals surface area (Å²) >= 11 is 0. The number of nitrogens with zero attached hydrogens (tertiary/aromatic N) is 6. The lowest BCUT2D eigenvalue weighted by molar-refractivity contribution is -0.147. The quantitative estimate of drug-likeness (QED) is 0.212. The average Bonchev–Trinajstić information content (AvgIpc) is 2.95. The number of amides is 2. The minimum atomic E-state index is -0.758. The van der Waals surface area contributed by atoms with Crippen LogP contribution in [0.1, 0.15) is 48.8 Å². The Hall–Kier alpha value is -3.89. The molecule has 0 aromatic heterocycles. The number of aliphatic imine (C=N–C) groups is 1. The largest absolute Gasteiger partial charge is 0.342 e. The molecule has 2 atom stereocenters. The second-order valence-electron chi connectivity index (χ2n) is 9.89. The number of nitrogens with one attached hydrogen (secondary N) is 1. The van der Waals surface area contributed by atoms with Gasteiger partial charge in [-0.3, -0.25) is 14.8 Å². The number of nitriles is 2. The van der Waals surface area contributed by atoms with Gasteiger partial charge in [-0.1, -0.05) is 12.1 Å². The second-order valence-corrected chi connectivity index (χ2v) is 9.89. The first kappa shape index (κ1) is 26.2. The molecule has 0 bridgehead atoms. The Morgan fingerprint density at radius 1 is 1.05 bits per heavy atom. The zero-order chi connectivity index (χ0) is 26.4. The maximum atomic E-state index is 13.6. The summed E-state index contributed by atoms with van der Waals surface area (Å²) in [6.07, 6.45) is 8.22.